The maximum atomic E-state index is 11.9. The fourth-order valence-corrected chi connectivity index (χ4v) is 2.43. The Morgan fingerprint density at radius 2 is 1.60 bits per heavy atom. The second kappa shape index (κ2) is 10.1. The number of esters is 1. The Kier molecular flexibility index (Phi) is 7.50. The standard InChI is InChI=1S/C20H23NO4/c1-2-24-19(22)13-18(17-11-7-4-8-12-17)14-21-20(23)25-15-16-9-5-3-6-10-16/h3-12,18H,2,13-15H2,1H3,(H,21,23)/t18-/m1/s1. The van der Waals surface area contributed by atoms with Gasteiger partial charge in [0.2, 0.25) is 0 Å². The molecule has 0 heterocycles. The number of rotatable bonds is 8. The van der Waals surface area contributed by atoms with Crippen molar-refractivity contribution in [1.82, 2.24) is 5.32 Å². The van der Waals surface area contributed by atoms with Crippen LogP contribution in [0.5, 0.6) is 0 Å². The Balaban J connectivity index is 1.87. The highest BCUT2D eigenvalue weighted by Crippen LogP contribution is 2.19. The van der Waals surface area contributed by atoms with Gasteiger partial charge in [-0.1, -0.05) is 60.7 Å². The quantitative estimate of drug-likeness (QED) is 0.744. The van der Waals surface area contributed by atoms with E-state index in [4.69, 9.17) is 9.47 Å². The number of hydrogen-bond donors (Lipinski definition) is 1. The average Bonchev–Trinajstić information content (AvgIpc) is 2.65. The Morgan fingerprint density at radius 3 is 2.24 bits per heavy atom. The van der Waals surface area contributed by atoms with Gasteiger partial charge >= 0.3 is 12.1 Å². The zero-order valence-corrected chi connectivity index (χ0v) is 14.3. The molecule has 0 aliphatic heterocycles. The van der Waals surface area contributed by atoms with Gasteiger partial charge in [0, 0.05) is 12.5 Å². The minimum absolute atomic E-state index is 0.162. The Morgan fingerprint density at radius 1 is 0.960 bits per heavy atom. The van der Waals surface area contributed by atoms with Gasteiger partial charge in [0.15, 0.2) is 0 Å². The first-order chi connectivity index (χ1) is 12.2. The predicted molar refractivity (Wildman–Crippen MR) is 95.1 cm³/mol. The molecule has 0 saturated carbocycles. The normalized spacial score (nSPS) is 11.4. The fourth-order valence-electron chi connectivity index (χ4n) is 2.43. The van der Waals surface area contributed by atoms with Gasteiger partial charge in [-0.2, -0.15) is 0 Å². The van der Waals surface area contributed by atoms with Crippen LogP contribution in [0.25, 0.3) is 0 Å². The molecule has 25 heavy (non-hydrogen) atoms. The van der Waals surface area contributed by atoms with E-state index in [0.29, 0.717) is 13.2 Å². The summed E-state index contributed by atoms with van der Waals surface area (Å²) >= 11 is 0. The zero-order chi connectivity index (χ0) is 17.9. The molecule has 1 atom stereocenters. The van der Waals surface area contributed by atoms with Crippen LogP contribution in [0, 0.1) is 0 Å². The second-order valence-corrected chi connectivity index (χ2v) is 5.56. The van der Waals surface area contributed by atoms with Crippen molar-refractivity contribution in [1.29, 1.82) is 0 Å². The summed E-state index contributed by atoms with van der Waals surface area (Å²) in [5.41, 5.74) is 1.89. The van der Waals surface area contributed by atoms with E-state index < -0.39 is 6.09 Å². The zero-order valence-electron chi connectivity index (χ0n) is 14.3. The van der Waals surface area contributed by atoms with Crippen molar-refractivity contribution in [2.45, 2.75) is 25.9 Å². The van der Waals surface area contributed by atoms with Crippen LogP contribution in [-0.2, 0) is 20.9 Å². The maximum Gasteiger partial charge on any atom is 0.407 e. The molecule has 0 bridgehead atoms. The SMILES string of the molecule is CCOC(=O)C[C@H](CNC(=O)OCc1ccccc1)c1ccccc1. The van der Waals surface area contributed by atoms with Crippen molar-refractivity contribution < 1.29 is 19.1 Å². The van der Waals surface area contributed by atoms with E-state index in [2.05, 4.69) is 5.32 Å². The summed E-state index contributed by atoms with van der Waals surface area (Å²) in [7, 11) is 0. The topological polar surface area (TPSA) is 64.6 Å². The fraction of sp³-hybridized carbons (Fsp3) is 0.300. The van der Waals surface area contributed by atoms with Gasteiger partial charge in [0.05, 0.1) is 13.0 Å². The summed E-state index contributed by atoms with van der Waals surface area (Å²) < 4.78 is 10.2. The van der Waals surface area contributed by atoms with E-state index in [-0.39, 0.29) is 24.9 Å². The monoisotopic (exact) mass is 341 g/mol. The molecule has 0 saturated heterocycles. The third-order valence-electron chi connectivity index (χ3n) is 3.69. The molecule has 5 nitrogen and oxygen atoms in total. The van der Waals surface area contributed by atoms with E-state index >= 15 is 0 Å². The summed E-state index contributed by atoms with van der Waals surface area (Å²) in [6.45, 7) is 2.62. The van der Waals surface area contributed by atoms with Gasteiger partial charge in [-0.15, -0.1) is 0 Å². The third-order valence-corrected chi connectivity index (χ3v) is 3.69. The summed E-state index contributed by atoms with van der Waals surface area (Å²) in [6, 6.07) is 19.0. The van der Waals surface area contributed by atoms with Crippen molar-refractivity contribution in [3.63, 3.8) is 0 Å². The van der Waals surface area contributed by atoms with Crippen molar-refractivity contribution in [2.75, 3.05) is 13.2 Å². The summed E-state index contributed by atoms with van der Waals surface area (Å²) in [6.07, 6.45) is -0.301. The van der Waals surface area contributed by atoms with Crippen LogP contribution in [0.1, 0.15) is 30.4 Å². The van der Waals surface area contributed by atoms with E-state index in [0.717, 1.165) is 11.1 Å². The molecule has 0 fully saturated rings. The van der Waals surface area contributed by atoms with Gasteiger partial charge < -0.3 is 14.8 Å². The van der Waals surface area contributed by atoms with Crippen LogP contribution in [-0.4, -0.2) is 25.2 Å². The smallest absolute Gasteiger partial charge is 0.407 e. The lowest BCUT2D eigenvalue weighted by atomic mass is 9.96. The van der Waals surface area contributed by atoms with Gasteiger partial charge in [0.25, 0.3) is 0 Å². The van der Waals surface area contributed by atoms with Crippen molar-refractivity contribution in [3.8, 4) is 0 Å². The number of amides is 1. The van der Waals surface area contributed by atoms with Crippen LogP contribution >= 0.6 is 0 Å². The van der Waals surface area contributed by atoms with Crippen LogP contribution in [0.15, 0.2) is 60.7 Å². The summed E-state index contributed by atoms with van der Waals surface area (Å²) in [5, 5.41) is 2.73. The first-order valence-electron chi connectivity index (χ1n) is 8.34. The van der Waals surface area contributed by atoms with Gasteiger partial charge in [-0.05, 0) is 18.1 Å². The average molecular weight is 341 g/mol. The summed E-state index contributed by atoms with van der Waals surface area (Å²) in [4.78, 5) is 23.7. The van der Waals surface area contributed by atoms with Crippen LogP contribution < -0.4 is 5.32 Å². The number of ether oxygens (including phenoxy) is 2. The van der Waals surface area contributed by atoms with Crippen LogP contribution in [0.4, 0.5) is 4.79 Å². The molecule has 0 spiro atoms. The molecule has 1 amide bonds. The minimum Gasteiger partial charge on any atom is -0.466 e. The number of carbonyl (C=O) groups excluding carboxylic acids is 2. The first kappa shape index (κ1) is 18.5. The lowest BCUT2D eigenvalue weighted by molar-refractivity contribution is -0.143. The molecule has 5 heteroatoms. The van der Waals surface area contributed by atoms with Crippen LogP contribution in [0.2, 0.25) is 0 Å². The minimum atomic E-state index is -0.506. The highest BCUT2D eigenvalue weighted by atomic mass is 16.5. The van der Waals surface area contributed by atoms with Gasteiger partial charge in [-0.3, -0.25) is 4.79 Å². The first-order valence-corrected chi connectivity index (χ1v) is 8.34. The highest BCUT2D eigenvalue weighted by molar-refractivity contribution is 5.71. The van der Waals surface area contributed by atoms with E-state index in [1.165, 1.54) is 0 Å². The lowest BCUT2D eigenvalue weighted by Crippen LogP contribution is -2.30. The largest absolute Gasteiger partial charge is 0.466 e. The summed E-state index contributed by atoms with van der Waals surface area (Å²) in [5.74, 6) is -0.444. The van der Waals surface area contributed by atoms with E-state index in [9.17, 15) is 9.59 Å². The molecule has 2 aromatic rings. The molecule has 2 aromatic carbocycles. The van der Waals surface area contributed by atoms with E-state index in [1.54, 1.807) is 6.92 Å². The Bertz CT molecular complexity index is 658. The molecule has 0 aliphatic rings. The molecule has 0 radical (unpaired) electrons. The number of alkyl carbamates (subject to hydrolysis) is 1. The molecule has 0 aromatic heterocycles. The molecule has 0 aliphatic carbocycles. The molecule has 0 unspecified atom stereocenters. The number of hydrogen-bond acceptors (Lipinski definition) is 4. The lowest BCUT2D eigenvalue weighted by Gasteiger charge is -2.17. The third kappa shape index (κ3) is 6.67. The Hall–Kier alpha value is -2.82. The molecule has 132 valence electrons. The molecule has 2 rings (SSSR count). The van der Waals surface area contributed by atoms with Crippen molar-refractivity contribution >= 4 is 12.1 Å². The maximum absolute atomic E-state index is 11.9. The number of carbonyl (C=O) groups is 2. The van der Waals surface area contributed by atoms with Crippen molar-refractivity contribution in [2.24, 2.45) is 0 Å². The van der Waals surface area contributed by atoms with Gasteiger partial charge in [0.1, 0.15) is 6.61 Å². The predicted octanol–water partition coefficient (Wildman–Crippen LogP) is 3.65. The highest BCUT2D eigenvalue weighted by Gasteiger charge is 2.18. The van der Waals surface area contributed by atoms with Gasteiger partial charge in [-0.25, -0.2) is 4.79 Å². The van der Waals surface area contributed by atoms with Crippen molar-refractivity contribution in [3.05, 3.63) is 71.8 Å². The molecular weight excluding hydrogens is 318 g/mol. The molecule has 1 N–H and O–H groups in total. The van der Waals surface area contributed by atoms with E-state index in [1.807, 2.05) is 60.7 Å². The second-order valence-electron chi connectivity index (χ2n) is 5.56. The van der Waals surface area contributed by atoms with Crippen LogP contribution in [0.3, 0.4) is 0 Å². The number of nitrogens with one attached hydrogen (secondary N) is 1. The number of benzene rings is 2. The molecular formula is C20H23NO4. The Labute approximate surface area is 148 Å².